The molecule has 1 aliphatic rings. The van der Waals surface area contributed by atoms with Gasteiger partial charge in [-0.25, -0.2) is 13.4 Å². The minimum Gasteiger partial charge on any atom is -0.352 e. The molecule has 2 aromatic heterocycles. The van der Waals surface area contributed by atoms with Crippen molar-refractivity contribution in [3.8, 4) is 0 Å². The van der Waals surface area contributed by atoms with Crippen molar-refractivity contribution >= 4 is 33.2 Å². The van der Waals surface area contributed by atoms with Crippen molar-refractivity contribution in [1.29, 1.82) is 0 Å². The fourth-order valence-electron chi connectivity index (χ4n) is 3.60. The normalized spacial score (nSPS) is 14.4. The predicted octanol–water partition coefficient (Wildman–Crippen LogP) is 2.88. The van der Waals surface area contributed by atoms with Crippen LogP contribution in [-0.2, 0) is 9.84 Å². The molecule has 1 N–H and O–H groups in total. The molecule has 1 aromatic carbocycles. The number of pyridine rings is 1. The van der Waals surface area contributed by atoms with Gasteiger partial charge in [-0.15, -0.1) is 10.2 Å². The summed E-state index contributed by atoms with van der Waals surface area (Å²) < 4.78 is 50.1. The lowest BCUT2D eigenvalue weighted by Gasteiger charge is -2.35. The van der Waals surface area contributed by atoms with Crippen LogP contribution in [0.5, 0.6) is 0 Å². The first-order chi connectivity index (χ1) is 16.3. The first kappa shape index (κ1) is 23.5. The molecule has 34 heavy (non-hydrogen) atoms. The van der Waals surface area contributed by atoms with Gasteiger partial charge >= 0.3 is 5.76 Å². The molecular weight excluding hydrogens is 466 g/mol. The molecule has 0 radical (unpaired) electrons. The van der Waals surface area contributed by atoms with Gasteiger partial charge in [-0.3, -0.25) is 4.79 Å². The monoisotopic (exact) mass is 488 g/mol. The number of aromatic nitrogens is 3. The number of benzene rings is 1. The van der Waals surface area contributed by atoms with Gasteiger partial charge in [0.25, 0.3) is 5.91 Å². The highest BCUT2D eigenvalue weighted by atomic mass is 32.2. The van der Waals surface area contributed by atoms with E-state index in [-0.39, 0.29) is 18.7 Å². The summed E-state index contributed by atoms with van der Waals surface area (Å²) in [5.41, 5.74) is 0.618. The first-order valence-electron chi connectivity index (χ1n) is 10.5. The summed E-state index contributed by atoms with van der Waals surface area (Å²) in [5.74, 6) is -2.39. The highest BCUT2D eigenvalue weighted by Gasteiger charge is 2.33. The second-order valence-electron chi connectivity index (χ2n) is 7.65. The van der Waals surface area contributed by atoms with Gasteiger partial charge in [0, 0.05) is 31.9 Å². The zero-order valence-corrected chi connectivity index (χ0v) is 19.0. The molecule has 12 heteroatoms. The van der Waals surface area contributed by atoms with E-state index in [9.17, 15) is 22.0 Å². The maximum Gasteiger partial charge on any atom is 0.341 e. The summed E-state index contributed by atoms with van der Waals surface area (Å²) in [7, 11) is -4.89. The summed E-state index contributed by atoms with van der Waals surface area (Å²) in [4.78, 5) is 20.0. The molecule has 0 bridgehead atoms. The van der Waals surface area contributed by atoms with Crippen LogP contribution in [0.2, 0.25) is 0 Å². The van der Waals surface area contributed by atoms with Crippen molar-refractivity contribution in [1.82, 2.24) is 20.1 Å². The molecule has 0 aliphatic carbocycles. The van der Waals surface area contributed by atoms with E-state index in [1.54, 1.807) is 12.1 Å². The smallest absolute Gasteiger partial charge is 0.341 e. The Morgan fingerprint density at radius 1 is 0.941 bits per heavy atom. The highest BCUT2D eigenvalue weighted by Crippen LogP contribution is 2.24. The van der Waals surface area contributed by atoms with Crippen LogP contribution < -0.4 is 10.2 Å². The van der Waals surface area contributed by atoms with Crippen molar-refractivity contribution in [3.63, 3.8) is 0 Å². The van der Waals surface area contributed by atoms with Crippen LogP contribution >= 0.6 is 0 Å². The minimum absolute atomic E-state index is 0.253. The molecule has 3 aromatic rings. The van der Waals surface area contributed by atoms with Gasteiger partial charge in [-0.1, -0.05) is 18.2 Å². The standard InChI is InChI=1S/C22H22F2N6O3S/c1-15-5-4-8-18(25-15)26-19-9-10-20(28-27-19)29-11-13-30(14-12-29)21(31)16-6-2-3-7-17(16)34(32,33)22(23)24/h2-10,22H,11-14H2,1H3,(H,25,26,27). The maximum atomic E-state index is 13.1. The molecule has 0 atom stereocenters. The van der Waals surface area contributed by atoms with Crippen molar-refractivity contribution in [3.05, 3.63) is 65.9 Å². The second kappa shape index (κ2) is 9.67. The SMILES string of the molecule is Cc1cccc(Nc2ccc(N3CCN(C(=O)c4ccccc4S(=O)(=O)C(F)F)CC3)nn2)n1. The number of piperazine rings is 1. The summed E-state index contributed by atoms with van der Waals surface area (Å²) in [6, 6.07) is 14.2. The lowest BCUT2D eigenvalue weighted by molar-refractivity contribution is 0.0742. The molecule has 0 spiro atoms. The third-order valence-corrected chi connectivity index (χ3v) is 6.78. The van der Waals surface area contributed by atoms with Crippen molar-refractivity contribution < 1.29 is 22.0 Å². The number of rotatable bonds is 6. The number of alkyl halides is 2. The van der Waals surface area contributed by atoms with E-state index in [0.29, 0.717) is 30.5 Å². The molecule has 1 amide bonds. The summed E-state index contributed by atoms with van der Waals surface area (Å²) in [6.07, 6.45) is 0. The van der Waals surface area contributed by atoms with E-state index in [4.69, 9.17) is 0 Å². The molecule has 1 fully saturated rings. The van der Waals surface area contributed by atoms with Gasteiger partial charge < -0.3 is 15.1 Å². The number of anilines is 3. The Morgan fingerprint density at radius 2 is 1.68 bits per heavy atom. The van der Waals surface area contributed by atoms with Gasteiger partial charge in [-0.2, -0.15) is 8.78 Å². The van der Waals surface area contributed by atoms with E-state index in [1.807, 2.05) is 30.0 Å². The van der Waals surface area contributed by atoms with Crippen molar-refractivity contribution in [2.45, 2.75) is 17.6 Å². The Morgan fingerprint density at radius 3 is 2.32 bits per heavy atom. The fourth-order valence-corrected chi connectivity index (χ4v) is 4.52. The largest absolute Gasteiger partial charge is 0.352 e. The Balaban J connectivity index is 1.41. The molecule has 178 valence electrons. The van der Waals surface area contributed by atoms with Gasteiger partial charge in [0.05, 0.1) is 10.5 Å². The molecule has 0 unspecified atom stereocenters. The zero-order chi connectivity index (χ0) is 24.3. The van der Waals surface area contributed by atoms with Crippen LogP contribution in [0.4, 0.5) is 26.2 Å². The lowest BCUT2D eigenvalue weighted by Crippen LogP contribution is -2.49. The number of hydrogen-bond acceptors (Lipinski definition) is 8. The summed E-state index contributed by atoms with van der Waals surface area (Å²) >= 11 is 0. The second-order valence-corrected chi connectivity index (χ2v) is 9.53. The predicted molar refractivity (Wildman–Crippen MR) is 122 cm³/mol. The number of nitrogens with zero attached hydrogens (tertiary/aromatic N) is 5. The molecule has 4 rings (SSSR count). The first-order valence-corrected chi connectivity index (χ1v) is 12.0. The van der Waals surface area contributed by atoms with E-state index in [2.05, 4.69) is 20.5 Å². The van der Waals surface area contributed by atoms with Crippen LogP contribution in [0.3, 0.4) is 0 Å². The number of nitrogens with one attached hydrogen (secondary N) is 1. The molecule has 1 saturated heterocycles. The van der Waals surface area contributed by atoms with Crippen LogP contribution in [0, 0.1) is 6.92 Å². The Labute approximate surface area is 195 Å². The van der Waals surface area contributed by atoms with E-state index < -0.39 is 26.4 Å². The molecule has 3 heterocycles. The number of sulfone groups is 1. The minimum atomic E-state index is -4.89. The fraction of sp³-hybridized carbons (Fsp3) is 0.273. The highest BCUT2D eigenvalue weighted by molar-refractivity contribution is 7.91. The molecule has 1 aliphatic heterocycles. The quantitative estimate of drug-likeness (QED) is 0.564. The van der Waals surface area contributed by atoms with E-state index in [0.717, 1.165) is 11.8 Å². The van der Waals surface area contributed by atoms with Crippen LogP contribution in [0.15, 0.2) is 59.5 Å². The zero-order valence-electron chi connectivity index (χ0n) is 18.2. The van der Waals surface area contributed by atoms with Gasteiger partial charge in [-0.05, 0) is 43.3 Å². The van der Waals surface area contributed by atoms with E-state index in [1.165, 1.54) is 23.1 Å². The summed E-state index contributed by atoms with van der Waals surface area (Å²) in [6.45, 7) is 3.29. The van der Waals surface area contributed by atoms with Crippen LogP contribution in [-0.4, -0.2) is 66.3 Å². The van der Waals surface area contributed by atoms with Gasteiger partial charge in [0.2, 0.25) is 9.84 Å². The van der Waals surface area contributed by atoms with E-state index >= 15 is 0 Å². The molecule has 9 nitrogen and oxygen atoms in total. The van der Waals surface area contributed by atoms with Crippen LogP contribution in [0.1, 0.15) is 16.1 Å². The third kappa shape index (κ3) is 4.96. The number of amides is 1. The average molecular weight is 489 g/mol. The number of hydrogen-bond donors (Lipinski definition) is 1. The maximum absolute atomic E-state index is 13.1. The number of halogens is 2. The van der Waals surface area contributed by atoms with Crippen molar-refractivity contribution in [2.24, 2.45) is 0 Å². The Hall–Kier alpha value is -3.67. The Kier molecular flexibility index (Phi) is 6.68. The number of carbonyl (C=O) groups excluding carboxylic acids is 1. The topological polar surface area (TPSA) is 108 Å². The lowest BCUT2D eigenvalue weighted by atomic mass is 10.2. The number of aryl methyl sites for hydroxylation is 1. The van der Waals surface area contributed by atoms with Gasteiger partial charge in [0.15, 0.2) is 11.6 Å². The number of carbonyl (C=O) groups is 1. The molecular formula is C22H22F2N6O3S. The summed E-state index contributed by atoms with van der Waals surface area (Å²) in [5, 5.41) is 11.5. The Bertz CT molecular complexity index is 1280. The average Bonchev–Trinajstić information content (AvgIpc) is 2.84. The van der Waals surface area contributed by atoms with Crippen molar-refractivity contribution in [2.75, 3.05) is 36.4 Å². The van der Waals surface area contributed by atoms with Crippen LogP contribution in [0.25, 0.3) is 0 Å². The van der Waals surface area contributed by atoms with Gasteiger partial charge in [0.1, 0.15) is 5.82 Å². The third-order valence-electron chi connectivity index (χ3n) is 5.34. The molecule has 0 saturated carbocycles.